The molecule has 0 radical (unpaired) electrons. The molecule has 0 amide bonds. The van der Waals surface area contributed by atoms with Crippen LogP contribution < -0.4 is 4.68 Å². The topological polar surface area (TPSA) is 8.81 Å². The highest BCUT2D eigenvalue weighted by molar-refractivity contribution is 5.76. The average molecular weight is 207 g/mol. The van der Waals surface area contributed by atoms with Crippen LogP contribution in [0.2, 0.25) is 0 Å². The van der Waals surface area contributed by atoms with Gasteiger partial charge in [0.05, 0.1) is 12.4 Å². The molecule has 0 bridgehead atoms. The minimum atomic E-state index is 1.27. The fourth-order valence-electron chi connectivity index (χ4n) is 1.35. The molecule has 1 aromatic carbocycles. The molecule has 0 spiro atoms. The van der Waals surface area contributed by atoms with E-state index in [0.717, 1.165) is 0 Å². The van der Waals surface area contributed by atoms with Crippen molar-refractivity contribution in [2.75, 3.05) is 0 Å². The lowest BCUT2D eigenvalue weighted by molar-refractivity contribution is -0.748. The van der Waals surface area contributed by atoms with Crippen LogP contribution in [-0.2, 0) is 14.1 Å². The molecule has 0 unspecified atom stereocenters. The Labute approximate surface area is 93.1 Å². The lowest BCUT2D eigenvalue weighted by Gasteiger charge is -1.89. The molecule has 2 nitrogen and oxygen atoms in total. The van der Waals surface area contributed by atoms with Crippen molar-refractivity contribution in [3.05, 3.63) is 30.5 Å². The van der Waals surface area contributed by atoms with Crippen molar-refractivity contribution in [2.45, 2.75) is 27.7 Å². The molecule has 2 heteroatoms. The SMILES string of the molecule is CC.CC.Cn1c2ccccc2c[n+]1C. The van der Waals surface area contributed by atoms with Crippen molar-refractivity contribution in [1.82, 2.24) is 4.68 Å². The molecule has 2 rings (SSSR count). The van der Waals surface area contributed by atoms with Crippen LogP contribution in [-0.4, -0.2) is 4.68 Å². The van der Waals surface area contributed by atoms with Crippen molar-refractivity contribution >= 4 is 10.9 Å². The van der Waals surface area contributed by atoms with E-state index in [9.17, 15) is 0 Å². The van der Waals surface area contributed by atoms with E-state index >= 15 is 0 Å². The second kappa shape index (κ2) is 7.04. The summed E-state index contributed by atoms with van der Waals surface area (Å²) in [6.07, 6.45) is 2.12. The summed E-state index contributed by atoms with van der Waals surface area (Å²) in [5.74, 6) is 0. The maximum absolute atomic E-state index is 2.12. The molecule has 1 aromatic heterocycles. The van der Waals surface area contributed by atoms with E-state index in [1.165, 1.54) is 10.9 Å². The van der Waals surface area contributed by atoms with Gasteiger partial charge in [-0.05, 0) is 12.1 Å². The molecule has 0 aliphatic carbocycles. The third-order valence-electron chi connectivity index (χ3n) is 2.08. The minimum absolute atomic E-state index is 1.27. The van der Waals surface area contributed by atoms with E-state index in [4.69, 9.17) is 0 Å². The number of aryl methyl sites for hydroxylation is 2. The molecule has 1 heterocycles. The molecule has 0 fully saturated rings. The van der Waals surface area contributed by atoms with Gasteiger partial charge in [-0.2, -0.15) is 4.68 Å². The highest BCUT2D eigenvalue weighted by Crippen LogP contribution is 2.08. The van der Waals surface area contributed by atoms with Gasteiger partial charge in [-0.1, -0.05) is 39.8 Å². The summed E-state index contributed by atoms with van der Waals surface area (Å²) in [6, 6.07) is 8.36. The van der Waals surface area contributed by atoms with E-state index in [1.807, 2.05) is 34.7 Å². The molecule has 15 heavy (non-hydrogen) atoms. The standard InChI is InChI=1S/C9H11N2.2C2H6/c1-10-7-8-5-3-4-6-9(8)11(10)2;2*1-2/h3-7H,1-2H3;2*1-2H3/q+1;;. The number of para-hydroxylation sites is 1. The minimum Gasteiger partial charge on any atom is -0.156 e. The van der Waals surface area contributed by atoms with Crippen LogP contribution >= 0.6 is 0 Å². The van der Waals surface area contributed by atoms with E-state index in [0.29, 0.717) is 0 Å². The highest BCUT2D eigenvalue weighted by Gasteiger charge is 2.05. The monoisotopic (exact) mass is 207 g/mol. The first-order chi connectivity index (χ1) is 7.29. The van der Waals surface area contributed by atoms with E-state index in [-0.39, 0.29) is 0 Å². The summed E-state index contributed by atoms with van der Waals surface area (Å²) in [5, 5.41) is 1.29. The third-order valence-corrected chi connectivity index (χ3v) is 2.08. The Morgan fingerprint density at radius 2 is 1.53 bits per heavy atom. The number of nitrogens with zero attached hydrogens (tertiary/aromatic N) is 2. The van der Waals surface area contributed by atoms with Gasteiger partial charge in [-0.3, -0.25) is 0 Å². The number of rotatable bonds is 0. The quantitative estimate of drug-likeness (QED) is 0.587. The number of aromatic nitrogens is 2. The summed E-state index contributed by atoms with van der Waals surface area (Å²) < 4.78 is 4.19. The molecular formula is C13H23N2+. The number of hydrogen-bond donors (Lipinski definition) is 0. The van der Waals surface area contributed by atoms with Gasteiger partial charge in [-0.25, -0.2) is 0 Å². The normalized spacial score (nSPS) is 8.67. The Kier molecular flexibility index (Phi) is 6.43. The Morgan fingerprint density at radius 3 is 2.07 bits per heavy atom. The zero-order chi connectivity index (χ0) is 11.8. The maximum Gasteiger partial charge on any atom is 0.203 e. The van der Waals surface area contributed by atoms with Crippen LogP contribution in [0, 0.1) is 0 Å². The van der Waals surface area contributed by atoms with E-state index in [1.54, 1.807) is 0 Å². The van der Waals surface area contributed by atoms with Crippen molar-refractivity contribution < 1.29 is 4.68 Å². The second-order valence-electron chi connectivity index (χ2n) is 2.79. The summed E-state index contributed by atoms with van der Waals surface area (Å²) in [4.78, 5) is 0. The van der Waals surface area contributed by atoms with Crippen LogP contribution in [0.25, 0.3) is 10.9 Å². The van der Waals surface area contributed by atoms with Crippen LogP contribution in [0.4, 0.5) is 0 Å². The molecule has 0 aliphatic heterocycles. The summed E-state index contributed by atoms with van der Waals surface area (Å²) in [7, 11) is 4.10. The van der Waals surface area contributed by atoms with Gasteiger partial charge in [0.2, 0.25) is 6.20 Å². The van der Waals surface area contributed by atoms with Gasteiger partial charge in [0.25, 0.3) is 0 Å². The van der Waals surface area contributed by atoms with E-state index < -0.39 is 0 Å². The number of hydrogen-bond acceptors (Lipinski definition) is 0. The van der Waals surface area contributed by atoms with Crippen molar-refractivity contribution in [2.24, 2.45) is 14.1 Å². The summed E-state index contributed by atoms with van der Waals surface area (Å²) in [5.41, 5.74) is 1.27. The van der Waals surface area contributed by atoms with Gasteiger partial charge in [-0.15, -0.1) is 4.68 Å². The first-order valence-electron chi connectivity index (χ1n) is 5.69. The van der Waals surface area contributed by atoms with Crippen LogP contribution in [0.5, 0.6) is 0 Å². The second-order valence-corrected chi connectivity index (χ2v) is 2.79. The summed E-state index contributed by atoms with van der Waals surface area (Å²) in [6.45, 7) is 8.00. The Hall–Kier alpha value is -1.31. The Balaban J connectivity index is 0.000000442. The van der Waals surface area contributed by atoms with Gasteiger partial charge in [0, 0.05) is 0 Å². The predicted molar refractivity (Wildman–Crippen MR) is 66.8 cm³/mol. The fourth-order valence-corrected chi connectivity index (χ4v) is 1.35. The van der Waals surface area contributed by atoms with Crippen molar-refractivity contribution in [3.63, 3.8) is 0 Å². The van der Waals surface area contributed by atoms with Crippen LogP contribution in [0.1, 0.15) is 27.7 Å². The highest BCUT2D eigenvalue weighted by atomic mass is 15.4. The lowest BCUT2D eigenvalue weighted by Crippen LogP contribution is -2.35. The molecular weight excluding hydrogens is 184 g/mol. The van der Waals surface area contributed by atoms with Gasteiger partial charge >= 0.3 is 0 Å². The smallest absolute Gasteiger partial charge is 0.156 e. The molecule has 0 atom stereocenters. The summed E-state index contributed by atoms with van der Waals surface area (Å²) >= 11 is 0. The van der Waals surface area contributed by atoms with Gasteiger partial charge in [0.1, 0.15) is 5.52 Å². The van der Waals surface area contributed by atoms with Crippen LogP contribution in [0.15, 0.2) is 30.5 Å². The van der Waals surface area contributed by atoms with E-state index in [2.05, 4.69) is 46.9 Å². The number of fused-ring (bicyclic) bond motifs is 1. The van der Waals surface area contributed by atoms with Crippen molar-refractivity contribution in [1.29, 1.82) is 0 Å². The first kappa shape index (κ1) is 13.7. The average Bonchev–Trinajstić information content (AvgIpc) is 2.61. The predicted octanol–water partition coefficient (Wildman–Crippen LogP) is 3.06. The van der Waals surface area contributed by atoms with Crippen LogP contribution in [0.3, 0.4) is 0 Å². The van der Waals surface area contributed by atoms with Gasteiger partial charge in [0.15, 0.2) is 7.05 Å². The molecule has 84 valence electrons. The molecule has 0 aliphatic rings. The number of benzene rings is 1. The van der Waals surface area contributed by atoms with Gasteiger partial charge < -0.3 is 0 Å². The molecule has 2 aromatic rings. The third kappa shape index (κ3) is 3.08. The Bertz CT molecular complexity index is 388. The zero-order valence-corrected chi connectivity index (χ0v) is 10.8. The lowest BCUT2D eigenvalue weighted by atomic mass is 10.3. The molecule has 0 N–H and O–H groups in total. The van der Waals surface area contributed by atoms with Crippen molar-refractivity contribution in [3.8, 4) is 0 Å². The maximum atomic E-state index is 2.12. The zero-order valence-electron chi connectivity index (χ0n) is 10.8. The first-order valence-corrected chi connectivity index (χ1v) is 5.69. The molecule has 0 saturated heterocycles. The fraction of sp³-hybridized carbons (Fsp3) is 0.462. The Morgan fingerprint density at radius 1 is 1.00 bits per heavy atom. The molecule has 0 saturated carbocycles. The largest absolute Gasteiger partial charge is 0.203 e.